The number of ketones is 1. The number of carbonyl (C=O) groups is 2. The highest BCUT2D eigenvalue weighted by molar-refractivity contribution is 6.33. The van der Waals surface area contributed by atoms with Crippen LogP contribution in [-0.2, 0) is 14.3 Å². The fraction of sp³-hybridized carbons (Fsp3) is 0.417. The molecule has 4 nitrogen and oxygen atoms in total. The summed E-state index contributed by atoms with van der Waals surface area (Å²) < 4.78 is 5.70. The number of halogens is 2. The van der Waals surface area contributed by atoms with Gasteiger partial charge in [0.15, 0.2) is 5.78 Å². The van der Waals surface area contributed by atoms with Gasteiger partial charge in [-0.3, -0.25) is 9.59 Å². The Labute approximate surface area is 186 Å². The highest BCUT2D eigenvalue weighted by Crippen LogP contribution is 2.42. The molecule has 0 radical (unpaired) electrons. The molecule has 30 heavy (non-hydrogen) atoms. The molecular formula is C24H25Cl2NO3. The highest BCUT2D eigenvalue weighted by atomic mass is 35.5. The van der Waals surface area contributed by atoms with E-state index in [-0.39, 0.29) is 17.8 Å². The van der Waals surface area contributed by atoms with Crippen molar-refractivity contribution in [1.29, 1.82) is 0 Å². The van der Waals surface area contributed by atoms with Crippen LogP contribution in [-0.4, -0.2) is 29.9 Å². The van der Waals surface area contributed by atoms with Crippen molar-refractivity contribution >= 4 is 34.9 Å². The molecule has 1 aliphatic carbocycles. The van der Waals surface area contributed by atoms with Crippen molar-refractivity contribution in [3.8, 4) is 11.1 Å². The van der Waals surface area contributed by atoms with E-state index in [2.05, 4.69) is 5.32 Å². The van der Waals surface area contributed by atoms with E-state index in [0.717, 1.165) is 29.5 Å². The zero-order valence-electron chi connectivity index (χ0n) is 17.1. The maximum Gasteiger partial charge on any atom is 0.236 e. The van der Waals surface area contributed by atoms with E-state index >= 15 is 0 Å². The maximum atomic E-state index is 13.4. The number of Topliss-reactive ketones (excluding diaryl/α,β-unsaturated/α-hetero) is 1. The number of hydrogen-bond donors (Lipinski definition) is 1. The van der Waals surface area contributed by atoms with Crippen molar-refractivity contribution in [1.82, 2.24) is 5.32 Å². The number of carbonyl (C=O) groups excluding carboxylic acids is 2. The van der Waals surface area contributed by atoms with Crippen molar-refractivity contribution in [3.05, 3.63) is 57.6 Å². The molecule has 4 rings (SSSR count). The van der Waals surface area contributed by atoms with E-state index in [4.69, 9.17) is 27.9 Å². The van der Waals surface area contributed by atoms with E-state index < -0.39 is 11.5 Å². The highest BCUT2D eigenvalue weighted by Gasteiger charge is 2.54. The average Bonchev–Trinajstić information content (AvgIpc) is 2.96. The predicted octanol–water partition coefficient (Wildman–Crippen LogP) is 5.47. The lowest BCUT2D eigenvalue weighted by Crippen LogP contribution is -2.50. The molecule has 2 aromatic rings. The first kappa shape index (κ1) is 21.4. The molecule has 1 spiro atoms. The molecule has 2 fully saturated rings. The topological polar surface area (TPSA) is 55.4 Å². The van der Waals surface area contributed by atoms with Gasteiger partial charge in [0, 0.05) is 16.7 Å². The summed E-state index contributed by atoms with van der Waals surface area (Å²) in [6.45, 7) is 4.60. The third-order valence-electron chi connectivity index (χ3n) is 6.36. The van der Waals surface area contributed by atoms with Crippen LogP contribution in [0.5, 0.6) is 0 Å². The van der Waals surface area contributed by atoms with Gasteiger partial charge < -0.3 is 10.1 Å². The molecule has 1 saturated heterocycles. The number of amides is 1. The van der Waals surface area contributed by atoms with Crippen LogP contribution in [0, 0.1) is 6.92 Å². The lowest BCUT2D eigenvalue weighted by molar-refractivity contribution is -0.126. The first-order valence-corrected chi connectivity index (χ1v) is 11.1. The van der Waals surface area contributed by atoms with Crippen molar-refractivity contribution in [2.24, 2.45) is 0 Å². The molecule has 1 aliphatic heterocycles. The Morgan fingerprint density at radius 3 is 2.40 bits per heavy atom. The molecule has 1 N–H and O–H groups in total. The van der Waals surface area contributed by atoms with Crippen molar-refractivity contribution in [2.75, 3.05) is 6.61 Å². The fourth-order valence-electron chi connectivity index (χ4n) is 4.77. The smallest absolute Gasteiger partial charge is 0.236 e. The maximum absolute atomic E-state index is 13.4. The number of hydrogen-bond acceptors (Lipinski definition) is 3. The lowest BCUT2D eigenvalue weighted by atomic mass is 9.75. The normalized spacial score (nSPS) is 26.3. The molecule has 0 bridgehead atoms. The van der Waals surface area contributed by atoms with Crippen molar-refractivity contribution < 1.29 is 14.3 Å². The van der Waals surface area contributed by atoms with Crippen LogP contribution < -0.4 is 5.32 Å². The molecule has 2 aliphatic rings. The zero-order valence-corrected chi connectivity index (χ0v) is 18.6. The van der Waals surface area contributed by atoms with Crippen LogP contribution in [0.2, 0.25) is 10.0 Å². The summed E-state index contributed by atoms with van der Waals surface area (Å²) in [5, 5.41) is 4.11. The minimum absolute atomic E-state index is 0.0667. The molecule has 1 unspecified atom stereocenters. The molecule has 158 valence electrons. The second-order valence-electron chi connectivity index (χ2n) is 8.22. The van der Waals surface area contributed by atoms with Crippen molar-refractivity contribution in [2.45, 2.75) is 57.1 Å². The number of ether oxygens (including phenoxy) is 1. The van der Waals surface area contributed by atoms with Gasteiger partial charge in [-0.25, -0.2) is 0 Å². The Bertz CT molecular complexity index is 979. The van der Waals surface area contributed by atoms with Crippen LogP contribution in [0.15, 0.2) is 36.4 Å². The molecule has 1 heterocycles. The van der Waals surface area contributed by atoms with Gasteiger partial charge >= 0.3 is 0 Å². The third-order valence-corrected chi connectivity index (χ3v) is 6.94. The Morgan fingerprint density at radius 1 is 1.10 bits per heavy atom. The molecular weight excluding hydrogens is 421 g/mol. The second-order valence-corrected chi connectivity index (χ2v) is 9.06. The summed E-state index contributed by atoms with van der Waals surface area (Å²) in [5.41, 5.74) is 2.69. The fourth-order valence-corrected chi connectivity index (χ4v) is 5.17. The molecule has 2 aromatic carbocycles. The largest absolute Gasteiger partial charge is 0.379 e. The van der Waals surface area contributed by atoms with Crippen LogP contribution in [0.4, 0.5) is 0 Å². The SMILES string of the molecule is CCOC1CCC2(CC1)NC(=O)C(c1cc(C)c(-c3ccc(Cl)cc3)cc1Cl)C2=O. The number of benzene rings is 2. The minimum Gasteiger partial charge on any atom is -0.379 e. The van der Waals surface area contributed by atoms with Crippen LogP contribution in [0.25, 0.3) is 11.1 Å². The molecule has 6 heteroatoms. The quantitative estimate of drug-likeness (QED) is 0.634. The summed E-state index contributed by atoms with van der Waals surface area (Å²) >= 11 is 12.6. The number of nitrogens with one attached hydrogen (secondary N) is 1. The van der Waals surface area contributed by atoms with Gasteiger partial charge in [-0.15, -0.1) is 0 Å². The lowest BCUT2D eigenvalue weighted by Gasteiger charge is -2.35. The van der Waals surface area contributed by atoms with Gasteiger partial charge in [0.2, 0.25) is 5.91 Å². The van der Waals surface area contributed by atoms with Gasteiger partial charge in [-0.05, 0) is 80.0 Å². The summed E-state index contributed by atoms with van der Waals surface area (Å²) in [5.74, 6) is -1.18. The minimum atomic E-state index is -0.862. The summed E-state index contributed by atoms with van der Waals surface area (Å²) in [6, 6.07) is 11.2. The van der Waals surface area contributed by atoms with E-state index in [1.54, 1.807) is 0 Å². The average molecular weight is 446 g/mol. The van der Waals surface area contributed by atoms with E-state index in [1.165, 1.54) is 0 Å². The van der Waals surface area contributed by atoms with Crippen LogP contribution in [0.3, 0.4) is 0 Å². The number of aryl methyl sites for hydroxylation is 1. The zero-order chi connectivity index (χ0) is 21.5. The number of rotatable bonds is 4. The first-order valence-electron chi connectivity index (χ1n) is 10.4. The van der Waals surface area contributed by atoms with E-state index in [1.807, 2.05) is 50.2 Å². The van der Waals surface area contributed by atoms with Gasteiger partial charge in [-0.1, -0.05) is 41.4 Å². The third kappa shape index (κ3) is 3.77. The van der Waals surface area contributed by atoms with Crippen LogP contribution in [0.1, 0.15) is 49.7 Å². The monoisotopic (exact) mass is 445 g/mol. The van der Waals surface area contributed by atoms with Gasteiger partial charge in [0.05, 0.1) is 11.6 Å². The summed E-state index contributed by atoms with van der Waals surface area (Å²) in [6.07, 6.45) is 2.92. The standard InChI is InChI=1S/C24H25Cl2NO3/c1-3-30-17-8-10-24(11-9-17)22(28)21(23(29)27-24)19-12-14(2)18(13-20(19)26)15-4-6-16(25)7-5-15/h4-7,12-13,17,21H,3,8-11H2,1-2H3,(H,27,29). The Hall–Kier alpha value is -1.88. The molecule has 1 saturated carbocycles. The Balaban J connectivity index is 1.63. The Kier molecular flexibility index (Phi) is 5.93. The van der Waals surface area contributed by atoms with Crippen molar-refractivity contribution in [3.63, 3.8) is 0 Å². The van der Waals surface area contributed by atoms with E-state index in [9.17, 15) is 9.59 Å². The Morgan fingerprint density at radius 2 is 1.77 bits per heavy atom. The summed E-state index contributed by atoms with van der Waals surface area (Å²) in [7, 11) is 0. The predicted molar refractivity (Wildman–Crippen MR) is 119 cm³/mol. The summed E-state index contributed by atoms with van der Waals surface area (Å²) in [4.78, 5) is 26.3. The van der Waals surface area contributed by atoms with Gasteiger partial charge in [0.1, 0.15) is 5.92 Å². The molecule has 1 amide bonds. The van der Waals surface area contributed by atoms with Gasteiger partial charge in [-0.2, -0.15) is 0 Å². The molecule has 1 atom stereocenters. The second kappa shape index (κ2) is 8.33. The van der Waals surface area contributed by atoms with Gasteiger partial charge in [0.25, 0.3) is 0 Å². The van der Waals surface area contributed by atoms with Crippen LogP contribution >= 0.6 is 23.2 Å². The first-order chi connectivity index (χ1) is 14.3. The van der Waals surface area contributed by atoms with E-state index in [0.29, 0.717) is 35.1 Å². The molecule has 0 aromatic heterocycles.